The Balaban J connectivity index is 1.79. The monoisotopic (exact) mass is 382 g/mol. The summed E-state index contributed by atoms with van der Waals surface area (Å²) < 4.78 is 0. The van der Waals surface area contributed by atoms with E-state index in [1.165, 1.54) is 11.3 Å². The molecule has 0 aliphatic rings. The maximum absolute atomic E-state index is 12.7. The van der Waals surface area contributed by atoms with Crippen LogP contribution < -0.4 is 10.6 Å². The molecule has 0 aliphatic carbocycles. The largest absolute Gasteiger partial charge is 0.352 e. The SMILES string of the molecule is CCCNC(=O)c1ccc(NC(=O)c2sc3nc(C)nc(C)c3c2C)cc1. The first-order valence-corrected chi connectivity index (χ1v) is 9.66. The second-order valence-corrected chi connectivity index (χ2v) is 7.38. The topological polar surface area (TPSA) is 84.0 Å². The number of thiophene rings is 1. The van der Waals surface area contributed by atoms with E-state index >= 15 is 0 Å². The van der Waals surface area contributed by atoms with Crippen molar-refractivity contribution >= 4 is 39.1 Å². The highest BCUT2D eigenvalue weighted by atomic mass is 32.1. The fraction of sp³-hybridized carbons (Fsp3) is 0.300. The zero-order valence-corrected chi connectivity index (χ0v) is 16.7. The highest BCUT2D eigenvalue weighted by Crippen LogP contribution is 2.31. The summed E-state index contributed by atoms with van der Waals surface area (Å²) in [6.45, 7) is 8.34. The average molecular weight is 382 g/mol. The van der Waals surface area contributed by atoms with Gasteiger partial charge >= 0.3 is 0 Å². The summed E-state index contributed by atoms with van der Waals surface area (Å²) in [7, 11) is 0. The Morgan fingerprint density at radius 3 is 2.41 bits per heavy atom. The molecule has 0 saturated carbocycles. The summed E-state index contributed by atoms with van der Waals surface area (Å²) >= 11 is 1.37. The van der Waals surface area contributed by atoms with Crippen LogP contribution in [0.15, 0.2) is 24.3 Å². The first-order valence-electron chi connectivity index (χ1n) is 8.84. The van der Waals surface area contributed by atoms with Crippen LogP contribution in [0.5, 0.6) is 0 Å². The maximum Gasteiger partial charge on any atom is 0.266 e. The Morgan fingerprint density at radius 1 is 1.04 bits per heavy atom. The molecule has 1 aromatic carbocycles. The molecule has 27 heavy (non-hydrogen) atoms. The standard InChI is InChI=1S/C20H22N4O2S/c1-5-10-21-18(25)14-6-8-15(9-7-14)24-19(26)17-11(2)16-12(3)22-13(4)23-20(16)27-17/h6-9H,5,10H2,1-4H3,(H,21,25)(H,24,26). The Morgan fingerprint density at radius 2 is 1.74 bits per heavy atom. The molecule has 0 aliphatic heterocycles. The number of anilines is 1. The van der Waals surface area contributed by atoms with Crippen molar-refractivity contribution in [2.45, 2.75) is 34.1 Å². The lowest BCUT2D eigenvalue weighted by atomic mass is 10.1. The van der Waals surface area contributed by atoms with Crippen LogP contribution in [-0.2, 0) is 0 Å². The highest BCUT2D eigenvalue weighted by molar-refractivity contribution is 7.20. The fourth-order valence-electron chi connectivity index (χ4n) is 2.92. The summed E-state index contributed by atoms with van der Waals surface area (Å²) in [4.78, 5) is 35.0. The van der Waals surface area contributed by atoms with Crippen molar-refractivity contribution in [2.75, 3.05) is 11.9 Å². The fourth-order valence-corrected chi connectivity index (χ4v) is 4.10. The van der Waals surface area contributed by atoms with Crippen molar-refractivity contribution in [3.63, 3.8) is 0 Å². The van der Waals surface area contributed by atoms with Crippen molar-refractivity contribution in [1.82, 2.24) is 15.3 Å². The van der Waals surface area contributed by atoms with Gasteiger partial charge in [0.15, 0.2) is 0 Å². The van der Waals surface area contributed by atoms with Crippen LogP contribution in [0.1, 0.15) is 50.5 Å². The first kappa shape index (κ1) is 19.0. The van der Waals surface area contributed by atoms with Gasteiger partial charge in [-0.05, 0) is 57.0 Å². The van der Waals surface area contributed by atoms with Crippen LogP contribution in [0.4, 0.5) is 5.69 Å². The number of amides is 2. The molecular formula is C20H22N4O2S. The smallest absolute Gasteiger partial charge is 0.266 e. The zero-order valence-electron chi connectivity index (χ0n) is 15.8. The van der Waals surface area contributed by atoms with E-state index in [0.717, 1.165) is 27.9 Å². The quantitative estimate of drug-likeness (QED) is 0.698. The lowest BCUT2D eigenvalue weighted by Crippen LogP contribution is -2.23. The predicted octanol–water partition coefficient (Wildman–Crippen LogP) is 4.01. The molecular weight excluding hydrogens is 360 g/mol. The molecule has 6 nitrogen and oxygen atoms in total. The number of hydrogen-bond donors (Lipinski definition) is 2. The third-order valence-corrected chi connectivity index (χ3v) is 5.41. The van der Waals surface area contributed by atoms with Crippen LogP contribution in [-0.4, -0.2) is 28.3 Å². The van der Waals surface area contributed by atoms with E-state index in [0.29, 0.717) is 28.5 Å². The number of benzene rings is 1. The molecule has 140 valence electrons. The molecule has 7 heteroatoms. The van der Waals surface area contributed by atoms with E-state index in [9.17, 15) is 9.59 Å². The number of carbonyl (C=O) groups is 2. The first-order chi connectivity index (χ1) is 12.9. The van der Waals surface area contributed by atoms with Crippen molar-refractivity contribution in [2.24, 2.45) is 0 Å². The molecule has 0 spiro atoms. The van der Waals surface area contributed by atoms with Gasteiger partial charge < -0.3 is 10.6 Å². The summed E-state index contributed by atoms with van der Waals surface area (Å²) in [5.41, 5.74) is 2.98. The molecule has 2 aromatic heterocycles. The molecule has 3 rings (SSSR count). The van der Waals surface area contributed by atoms with Gasteiger partial charge in [-0.15, -0.1) is 11.3 Å². The minimum Gasteiger partial charge on any atom is -0.352 e. The van der Waals surface area contributed by atoms with E-state index in [1.54, 1.807) is 24.3 Å². The Kier molecular flexibility index (Phi) is 5.51. The number of nitrogens with one attached hydrogen (secondary N) is 2. The van der Waals surface area contributed by atoms with Crippen LogP contribution >= 0.6 is 11.3 Å². The molecule has 0 bridgehead atoms. The van der Waals surface area contributed by atoms with Crippen molar-refractivity contribution in [3.05, 3.63) is 51.8 Å². The second kappa shape index (κ2) is 7.84. The van der Waals surface area contributed by atoms with E-state index in [1.807, 2.05) is 27.7 Å². The van der Waals surface area contributed by atoms with E-state index < -0.39 is 0 Å². The average Bonchev–Trinajstić information content (AvgIpc) is 2.97. The molecule has 0 saturated heterocycles. The number of aromatic nitrogens is 2. The van der Waals surface area contributed by atoms with Crippen molar-refractivity contribution in [1.29, 1.82) is 0 Å². The minimum absolute atomic E-state index is 0.112. The number of rotatable bonds is 5. The molecule has 3 aromatic rings. The van der Waals surface area contributed by atoms with Gasteiger partial charge in [-0.25, -0.2) is 9.97 Å². The molecule has 0 radical (unpaired) electrons. The van der Waals surface area contributed by atoms with Gasteiger partial charge in [0.2, 0.25) is 0 Å². The predicted molar refractivity (Wildman–Crippen MR) is 109 cm³/mol. The lowest BCUT2D eigenvalue weighted by molar-refractivity contribution is 0.0953. The van der Waals surface area contributed by atoms with Gasteiger partial charge in [-0.1, -0.05) is 6.92 Å². The summed E-state index contributed by atoms with van der Waals surface area (Å²) in [5, 5.41) is 6.67. The van der Waals surface area contributed by atoms with E-state index in [2.05, 4.69) is 20.6 Å². The van der Waals surface area contributed by atoms with Crippen molar-refractivity contribution in [3.8, 4) is 0 Å². The molecule has 2 amide bonds. The Labute approximate surface area is 162 Å². The highest BCUT2D eigenvalue weighted by Gasteiger charge is 2.19. The Bertz CT molecular complexity index is 1010. The van der Waals surface area contributed by atoms with E-state index in [4.69, 9.17) is 0 Å². The number of carbonyl (C=O) groups excluding carboxylic acids is 2. The Hall–Kier alpha value is -2.80. The number of aryl methyl sites for hydroxylation is 3. The van der Waals surface area contributed by atoms with Gasteiger partial charge in [-0.2, -0.15) is 0 Å². The van der Waals surface area contributed by atoms with Crippen LogP contribution in [0.25, 0.3) is 10.2 Å². The molecule has 2 heterocycles. The van der Waals surface area contributed by atoms with Crippen LogP contribution in [0, 0.1) is 20.8 Å². The van der Waals surface area contributed by atoms with Gasteiger partial charge in [-0.3, -0.25) is 9.59 Å². The zero-order chi connectivity index (χ0) is 19.6. The summed E-state index contributed by atoms with van der Waals surface area (Å²) in [6, 6.07) is 6.88. The maximum atomic E-state index is 12.7. The molecule has 2 N–H and O–H groups in total. The summed E-state index contributed by atoms with van der Waals surface area (Å²) in [5.74, 6) is 0.403. The second-order valence-electron chi connectivity index (χ2n) is 6.38. The number of nitrogens with zero attached hydrogens (tertiary/aromatic N) is 2. The third-order valence-electron chi connectivity index (χ3n) is 4.23. The molecule has 0 fully saturated rings. The van der Waals surface area contributed by atoms with Crippen LogP contribution in [0.2, 0.25) is 0 Å². The van der Waals surface area contributed by atoms with Gasteiger partial charge in [0.25, 0.3) is 11.8 Å². The summed E-state index contributed by atoms with van der Waals surface area (Å²) in [6.07, 6.45) is 0.887. The number of hydrogen-bond acceptors (Lipinski definition) is 5. The lowest BCUT2D eigenvalue weighted by Gasteiger charge is -2.07. The van der Waals surface area contributed by atoms with Crippen LogP contribution in [0.3, 0.4) is 0 Å². The van der Waals surface area contributed by atoms with Gasteiger partial charge in [0, 0.05) is 28.9 Å². The number of fused-ring (bicyclic) bond motifs is 1. The minimum atomic E-state index is -0.185. The molecule has 0 unspecified atom stereocenters. The van der Waals surface area contributed by atoms with Gasteiger partial charge in [0.1, 0.15) is 10.7 Å². The van der Waals surface area contributed by atoms with Gasteiger partial charge in [0.05, 0.1) is 4.88 Å². The molecule has 0 atom stereocenters. The van der Waals surface area contributed by atoms with E-state index in [-0.39, 0.29) is 11.8 Å². The van der Waals surface area contributed by atoms with Crippen molar-refractivity contribution < 1.29 is 9.59 Å². The third kappa shape index (κ3) is 3.98. The normalized spacial score (nSPS) is 10.8.